The lowest BCUT2D eigenvalue weighted by Crippen LogP contribution is -2.21. The first-order valence-electron chi connectivity index (χ1n) is 5.94. The third-order valence-electron chi connectivity index (χ3n) is 2.72. The average molecular weight is 281 g/mol. The number of carbonyl (C=O) groups excluding carboxylic acids is 1. The van der Waals surface area contributed by atoms with Gasteiger partial charge >= 0.3 is 5.97 Å². The smallest absolute Gasteiger partial charge is 0.343 e. The predicted molar refractivity (Wildman–Crippen MR) is 72.6 cm³/mol. The standard InChI is InChI=1S/C13H13ClN2O3/c1-3-16-7-9(13(18)19-4-2)12(17)11-10(16)5-8(14)6-15-11/h5-7H,3-4H2,1-2H3. The van der Waals surface area contributed by atoms with Gasteiger partial charge < -0.3 is 9.30 Å². The van der Waals surface area contributed by atoms with Crippen LogP contribution in [0, 0.1) is 0 Å². The number of ether oxygens (including phenoxy) is 1. The van der Waals surface area contributed by atoms with Gasteiger partial charge in [0.2, 0.25) is 5.43 Å². The molecule has 0 saturated heterocycles. The van der Waals surface area contributed by atoms with Gasteiger partial charge in [0, 0.05) is 18.9 Å². The van der Waals surface area contributed by atoms with Crippen LogP contribution in [0.25, 0.3) is 11.0 Å². The average Bonchev–Trinajstić information content (AvgIpc) is 2.39. The third-order valence-corrected chi connectivity index (χ3v) is 2.93. The largest absolute Gasteiger partial charge is 0.462 e. The number of aromatic nitrogens is 2. The zero-order valence-corrected chi connectivity index (χ0v) is 11.4. The molecule has 0 unspecified atom stereocenters. The highest BCUT2D eigenvalue weighted by Crippen LogP contribution is 2.15. The molecule has 5 nitrogen and oxygen atoms in total. The maximum atomic E-state index is 12.2. The van der Waals surface area contributed by atoms with Gasteiger partial charge in [0.05, 0.1) is 17.1 Å². The van der Waals surface area contributed by atoms with Gasteiger partial charge in [0.25, 0.3) is 0 Å². The number of fused-ring (bicyclic) bond motifs is 1. The lowest BCUT2D eigenvalue weighted by Gasteiger charge is -2.10. The SMILES string of the molecule is CCOC(=O)c1cn(CC)c2cc(Cl)cnc2c1=O. The van der Waals surface area contributed by atoms with Crippen molar-refractivity contribution in [3.05, 3.63) is 39.3 Å². The quantitative estimate of drug-likeness (QED) is 0.809. The van der Waals surface area contributed by atoms with E-state index in [0.717, 1.165) is 0 Å². The van der Waals surface area contributed by atoms with Crippen LogP contribution >= 0.6 is 11.6 Å². The Kier molecular flexibility index (Phi) is 3.85. The lowest BCUT2D eigenvalue weighted by molar-refractivity contribution is 0.0524. The van der Waals surface area contributed by atoms with Gasteiger partial charge in [-0.05, 0) is 19.9 Å². The summed E-state index contributed by atoms with van der Waals surface area (Å²) >= 11 is 5.88. The van der Waals surface area contributed by atoms with Gasteiger partial charge in [-0.2, -0.15) is 0 Å². The van der Waals surface area contributed by atoms with E-state index in [-0.39, 0.29) is 17.7 Å². The molecule has 0 aliphatic heterocycles. The van der Waals surface area contributed by atoms with E-state index in [9.17, 15) is 9.59 Å². The van der Waals surface area contributed by atoms with E-state index in [1.165, 1.54) is 12.4 Å². The van der Waals surface area contributed by atoms with Crippen LogP contribution in [0.3, 0.4) is 0 Å². The van der Waals surface area contributed by atoms with E-state index in [0.29, 0.717) is 17.1 Å². The van der Waals surface area contributed by atoms with Gasteiger partial charge in [-0.3, -0.25) is 4.79 Å². The highest BCUT2D eigenvalue weighted by Gasteiger charge is 2.17. The van der Waals surface area contributed by atoms with E-state index in [1.807, 2.05) is 6.92 Å². The number of hydrogen-bond donors (Lipinski definition) is 0. The topological polar surface area (TPSA) is 61.2 Å². The molecule has 0 radical (unpaired) electrons. The molecule has 2 heterocycles. The molecular formula is C13H13ClN2O3. The van der Waals surface area contributed by atoms with Crippen LogP contribution in [0.2, 0.25) is 5.02 Å². The Morgan fingerprint density at radius 3 is 2.84 bits per heavy atom. The minimum atomic E-state index is -0.631. The van der Waals surface area contributed by atoms with Crippen LogP contribution in [-0.4, -0.2) is 22.1 Å². The second-order valence-corrected chi connectivity index (χ2v) is 4.34. The number of halogens is 1. The zero-order chi connectivity index (χ0) is 14.0. The van der Waals surface area contributed by atoms with Crippen molar-refractivity contribution in [3.8, 4) is 0 Å². The molecule has 0 saturated carbocycles. The van der Waals surface area contributed by atoms with Crippen LogP contribution in [0.5, 0.6) is 0 Å². The van der Waals surface area contributed by atoms with Crippen molar-refractivity contribution in [2.45, 2.75) is 20.4 Å². The van der Waals surface area contributed by atoms with Crippen molar-refractivity contribution in [1.29, 1.82) is 0 Å². The van der Waals surface area contributed by atoms with Crippen molar-refractivity contribution in [2.75, 3.05) is 6.61 Å². The van der Waals surface area contributed by atoms with Gasteiger partial charge in [-0.1, -0.05) is 11.6 Å². The van der Waals surface area contributed by atoms with Crippen LogP contribution < -0.4 is 5.43 Å². The monoisotopic (exact) mass is 280 g/mol. The summed E-state index contributed by atoms with van der Waals surface area (Å²) in [5.74, 6) is -0.631. The second-order valence-electron chi connectivity index (χ2n) is 3.90. The maximum Gasteiger partial charge on any atom is 0.343 e. The number of rotatable bonds is 3. The molecule has 0 N–H and O–H groups in total. The van der Waals surface area contributed by atoms with E-state index in [1.54, 1.807) is 17.6 Å². The first-order valence-corrected chi connectivity index (χ1v) is 6.32. The van der Waals surface area contributed by atoms with Gasteiger partial charge in [-0.25, -0.2) is 9.78 Å². The first-order chi connectivity index (χ1) is 9.08. The Morgan fingerprint density at radius 2 is 2.21 bits per heavy atom. The van der Waals surface area contributed by atoms with Crippen LogP contribution in [0.1, 0.15) is 24.2 Å². The molecule has 0 spiro atoms. The van der Waals surface area contributed by atoms with Crippen molar-refractivity contribution >= 4 is 28.6 Å². The summed E-state index contributed by atoms with van der Waals surface area (Å²) in [6, 6.07) is 1.66. The van der Waals surface area contributed by atoms with Gasteiger partial charge in [-0.15, -0.1) is 0 Å². The fraction of sp³-hybridized carbons (Fsp3) is 0.308. The summed E-state index contributed by atoms with van der Waals surface area (Å²) in [7, 11) is 0. The minimum absolute atomic E-state index is 0.00831. The highest BCUT2D eigenvalue weighted by atomic mass is 35.5. The van der Waals surface area contributed by atoms with Crippen LogP contribution in [-0.2, 0) is 11.3 Å². The molecule has 0 aliphatic carbocycles. The Labute approximate surface area is 114 Å². The van der Waals surface area contributed by atoms with Crippen molar-refractivity contribution in [3.63, 3.8) is 0 Å². The van der Waals surface area contributed by atoms with E-state index in [2.05, 4.69) is 4.98 Å². The van der Waals surface area contributed by atoms with Gasteiger partial charge in [0.1, 0.15) is 11.1 Å². The number of nitrogens with zero attached hydrogens (tertiary/aromatic N) is 2. The maximum absolute atomic E-state index is 12.2. The second kappa shape index (κ2) is 5.40. The Bertz CT molecular complexity index is 694. The third kappa shape index (κ3) is 2.46. The Morgan fingerprint density at radius 1 is 1.47 bits per heavy atom. The molecule has 0 fully saturated rings. The minimum Gasteiger partial charge on any atom is -0.462 e. The lowest BCUT2D eigenvalue weighted by atomic mass is 10.2. The summed E-state index contributed by atoms with van der Waals surface area (Å²) in [6.45, 7) is 4.40. The summed E-state index contributed by atoms with van der Waals surface area (Å²) in [4.78, 5) is 28.0. The molecule has 2 rings (SSSR count). The molecule has 19 heavy (non-hydrogen) atoms. The van der Waals surface area contributed by atoms with Crippen LogP contribution in [0.4, 0.5) is 0 Å². The number of esters is 1. The summed E-state index contributed by atoms with van der Waals surface area (Å²) < 4.78 is 6.63. The molecule has 0 aliphatic rings. The number of pyridine rings is 2. The zero-order valence-electron chi connectivity index (χ0n) is 10.6. The molecule has 0 bridgehead atoms. The number of hydrogen-bond acceptors (Lipinski definition) is 4. The van der Waals surface area contributed by atoms with E-state index < -0.39 is 11.4 Å². The predicted octanol–water partition coefficient (Wildman–Crippen LogP) is 2.25. The molecule has 0 aromatic carbocycles. The molecule has 0 atom stereocenters. The highest BCUT2D eigenvalue weighted by molar-refractivity contribution is 6.31. The summed E-state index contributed by atoms with van der Waals surface area (Å²) in [5.41, 5.74) is 0.380. The van der Waals surface area contributed by atoms with Crippen molar-refractivity contribution in [2.24, 2.45) is 0 Å². The molecule has 2 aromatic rings. The molecule has 0 amide bonds. The molecule has 100 valence electrons. The summed E-state index contributed by atoms with van der Waals surface area (Å²) in [6.07, 6.45) is 2.88. The van der Waals surface area contributed by atoms with Crippen molar-refractivity contribution < 1.29 is 9.53 Å². The number of aryl methyl sites for hydroxylation is 1. The fourth-order valence-corrected chi connectivity index (χ4v) is 2.00. The fourth-order valence-electron chi connectivity index (χ4n) is 1.85. The Balaban J connectivity index is 2.76. The van der Waals surface area contributed by atoms with Gasteiger partial charge in [0.15, 0.2) is 0 Å². The molecule has 6 heteroatoms. The van der Waals surface area contributed by atoms with Crippen molar-refractivity contribution in [1.82, 2.24) is 9.55 Å². The molecule has 2 aromatic heterocycles. The van der Waals surface area contributed by atoms with E-state index >= 15 is 0 Å². The van der Waals surface area contributed by atoms with E-state index in [4.69, 9.17) is 16.3 Å². The normalized spacial score (nSPS) is 10.7. The van der Waals surface area contributed by atoms with Crippen LogP contribution in [0.15, 0.2) is 23.3 Å². The number of carbonyl (C=O) groups is 1. The summed E-state index contributed by atoms with van der Waals surface area (Å²) in [5, 5.41) is 0.443. The molecular weight excluding hydrogens is 268 g/mol. The Hall–Kier alpha value is -1.88. The first kappa shape index (κ1) is 13.5.